The van der Waals surface area contributed by atoms with Gasteiger partial charge < -0.3 is 10.4 Å². The number of carbonyl (C=O) groups excluding carboxylic acids is 2. The molecule has 1 atom stereocenters. The number of carbonyl (C=O) groups is 2. The zero-order chi connectivity index (χ0) is 16.4. The van der Waals surface area contributed by atoms with Crippen molar-refractivity contribution in [3.05, 3.63) is 54.1 Å². The Bertz CT molecular complexity index is 757. The SMILES string of the molecule is CC(=O)N1c2ccccc2CCC1C(=O)Nc1ccccc1O. The van der Waals surface area contributed by atoms with Crippen molar-refractivity contribution in [1.29, 1.82) is 0 Å². The average Bonchev–Trinajstić information content (AvgIpc) is 2.55. The number of rotatable bonds is 2. The molecule has 1 aliphatic rings. The van der Waals surface area contributed by atoms with E-state index in [0.29, 0.717) is 12.1 Å². The lowest BCUT2D eigenvalue weighted by molar-refractivity contribution is -0.122. The summed E-state index contributed by atoms with van der Waals surface area (Å²) in [5, 5.41) is 12.5. The van der Waals surface area contributed by atoms with E-state index in [-0.39, 0.29) is 17.6 Å². The molecular weight excluding hydrogens is 292 g/mol. The second kappa shape index (κ2) is 6.12. The molecule has 3 rings (SSSR count). The normalized spacial score (nSPS) is 16.6. The largest absolute Gasteiger partial charge is 0.506 e. The Balaban J connectivity index is 1.89. The first-order valence-electron chi connectivity index (χ1n) is 7.54. The van der Waals surface area contributed by atoms with Gasteiger partial charge in [-0.05, 0) is 36.6 Å². The number of phenolic OH excluding ortho intramolecular Hbond substituents is 1. The Kier molecular flexibility index (Phi) is 4.02. The molecule has 5 heteroatoms. The zero-order valence-corrected chi connectivity index (χ0v) is 12.8. The molecule has 0 bridgehead atoms. The monoisotopic (exact) mass is 310 g/mol. The van der Waals surface area contributed by atoms with Crippen LogP contribution in [0.25, 0.3) is 0 Å². The molecule has 2 amide bonds. The number of amides is 2. The van der Waals surface area contributed by atoms with Crippen LogP contribution < -0.4 is 10.2 Å². The fraction of sp³-hybridized carbons (Fsp3) is 0.222. The minimum Gasteiger partial charge on any atom is -0.506 e. The van der Waals surface area contributed by atoms with Crippen molar-refractivity contribution in [2.75, 3.05) is 10.2 Å². The predicted octanol–water partition coefficient (Wildman–Crippen LogP) is 2.70. The second-order valence-electron chi connectivity index (χ2n) is 5.58. The molecule has 0 saturated heterocycles. The standard InChI is InChI=1S/C18H18N2O3/c1-12(21)20-15-8-4-2-6-13(15)10-11-16(20)18(23)19-14-7-3-5-9-17(14)22/h2-9,16,22H,10-11H2,1H3,(H,19,23). The van der Waals surface area contributed by atoms with E-state index in [0.717, 1.165) is 17.7 Å². The number of nitrogens with one attached hydrogen (secondary N) is 1. The number of anilines is 2. The molecule has 118 valence electrons. The molecule has 1 unspecified atom stereocenters. The third-order valence-corrected chi connectivity index (χ3v) is 4.05. The summed E-state index contributed by atoms with van der Waals surface area (Å²) >= 11 is 0. The molecule has 2 N–H and O–H groups in total. The van der Waals surface area contributed by atoms with Gasteiger partial charge in [-0.2, -0.15) is 0 Å². The highest BCUT2D eigenvalue weighted by atomic mass is 16.3. The smallest absolute Gasteiger partial charge is 0.247 e. The van der Waals surface area contributed by atoms with Crippen molar-refractivity contribution >= 4 is 23.2 Å². The number of phenols is 1. The van der Waals surface area contributed by atoms with Crippen LogP contribution in [0.3, 0.4) is 0 Å². The summed E-state index contributed by atoms with van der Waals surface area (Å²) in [5.74, 6) is -0.461. The highest BCUT2D eigenvalue weighted by Gasteiger charge is 2.34. The van der Waals surface area contributed by atoms with E-state index in [1.807, 2.05) is 24.3 Å². The number of benzene rings is 2. The fourth-order valence-corrected chi connectivity index (χ4v) is 2.98. The van der Waals surface area contributed by atoms with Gasteiger partial charge in [0.1, 0.15) is 11.8 Å². The number of aryl methyl sites for hydroxylation is 1. The van der Waals surface area contributed by atoms with Gasteiger partial charge in [-0.1, -0.05) is 30.3 Å². The highest BCUT2D eigenvalue weighted by Crippen LogP contribution is 2.32. The molecule has 2 aromatic rings. The van der Waals surface area contributed by atoms with Gasteiger partial charge in [0.15, 0.2) is 0 Å². The first-order chi connectivity index (χ1) is 11.1. The van der Waals surface area contributed by atoms with Crippen molar-refractivity contribution in [2.24, 2.45) is 0 Å². The Morgan fingerprint density at radius 1 is 1.13 bits per heavy atom. The lowest BCUT2D eigenvalue weighted by Gasteiger charge is -2.35. The van der Waals surface area contributed by atoms with Crippen molar-refractivity contribution in [3.63, 3.8) is 0 Å². The number of para-hydroxylation sites is 3. The van der Waals surface area contributed by atoms with Crippen LogP contribution in [0.5, 0.6) is 5.75 Å². The summed E-state index contributed by atoms with van der Waals surface area (Å²) in [6, 6.07) is 13.6. The molecule has 5 nitrogen and oxygen atoms in total. The van der Waals surface area contributed by atoms with Gasteiger partial charge in [-0.15, -0.1) is 0 Å². The summed E-state index contributed by atoms with van der Waals surface area (Å²) in [7, 11) is 0. The number of fused-ring (bicyclic) bond motifs is 1. The molecule has 0 aliphatic carbocycles. The lowest BCUT2D eigenvalue weighted by atomic mass is 9.95. The molecule has 0 saturated carbocycles. The van der Waals surface area contributed by atoms with Crippen molar-refractivity contribution < 1.29 is 14.7 Å². The minimum atomic E-state index is -0.581. The maximum atomic E-state index is 12.6. The van der Waals surface area contributed by atoms with Gasteiger partial charge in [0.05, 0.1) is 5.69 Å². The van der Waals surface area contributed by atoms with E-state index in [1.54, 1.807) is 18.2 Å². The third kappa shape index (κ3) is 2.90. The van der Waals surface area contributed by atoms with Crippen molar-refractivity contribution in [1.82, 2.24) is 0 Å². The zero-order valence-electron chi connectivity index (χ0n) is 12.8. The highest BCUT2D eigenvalue weighted by molar-refractivity contribution is 6.05. The number of aromatic hydroxyl groups is 1. The molecule has 0 spiro atoms. The first-order valence-corrected chi connectivity index (χ1v) is 7.54. The molecule has 0 radical (unpaired) electrons. The number of hydrogen-bond acceptors (Lipinski definition) is 3. The summed E-state index contributed by atoms with van der Waals surface area (Å²) < 4.78 is 0. The van der Waals surface area contributed by atoms with Gasteiger partial charge in [0.25, 0.3) is 0 Å². The summed E-state index contributed by atoms with van der Waals surface area (Å²) in [6.07, 6.45) is 1.29. The topological polar surface area (TPSA) is 69.6 Å². The summed E-state index contributed by atoms with van der Waals surface area (Å²) in [4.78, 5) is 26.3. The van der Waals surface area contributed by atoms with Crippen LogP contribution >= 0.6 is 0 Å². The average molecular weight is 310 g/mol. The van der Waals surface area contributed by atoms with E-state index in [1.165, 1.54) is 17.9 Å². The summed E-state index contributed by atoms with van der Waals surface area (Å²) in [6.45, 7) is 1.46. The Morgan fingerprint density at radius 2 is 1.83 bits per heavy atom. The molecule has 0 aromatic heterocycles. The van der Waals surface area contributed by atoms with Gasteiger partial charge in [0, 0.05) is 12.6 Å². The minimum absolute atomic E-state index is 0.00596. The van der Waals surface area contributed by atoms with Gasteiger partial charge in [-0.25, -0.2) is 0 Å². The maximum Gasteiger partial charge on any atom is 0.247 e. The fourth-order valence-electron chi connectivity index (χ4n) is 2.98. The Hall–Kier alpha value is -2.82. The van der Waals surface area contributed by atoms with E-state index < -0.39 is 6.04 Å². The van der Waals surface area contributed by atoms with Gasteiger partial charge >= 0.3 is 0 Å². The van der Waals surface area contributed by atoms with Crippen LogP contribution in [-0.4, -0.2) is 23.0 Å². The van der Waals surface area contributed by atoms with Crippen LogP contribution in [0, 0.1) is 0 Å². The van der Waals surface area contributed by atoms with E-state index >= 15 is 0 Å². The maximum absolute atomic E-state index is 12.6. The molecule has 1 heterocycles. The number of hydrogen-bond donors (Lipinski definition) is 2. The van der Waals surface area contributed by atoms with Crippen LogP contribution in [0.4, 0.5) is 11.4 Å². The Labute approximate surface area is 134 Å². The predicted molar refractivity (Wildman–Crippen MR) is 88.4 cm³/mol. The number of nitrogens with zero attached hydrogens (tertiary/aromatic N) is 1. The van der Waals surface area contributed by atoms with Gasteiger partial charge in [0.2, 0.25) is 11.8 Å². The van der Waals surface area contributed by atoms with Crippen LogP contribution in [-0.2, 0) is 16.0 Å². The van der Waals surface area contributed by atoms with Crippen molar-refractivity contribution in [2.45, 2.75) is 25.8 Å². The van der Waals surface area contributed by atoms with E-state index in [4.69, 9.17) is 0 Å². The molecule has 0 fully saturated rings. The quantitative estimate of drug-likeness (QED) is 0.838. The van der Waals surface area contributed by atoms with Crippen LogP contribution in [0.2, 0.25) is 0 Å². The molecule has 2 aromatic carbocycles. The third-order valence-electron chi connectivity index (χ3n) is 4.05. The van der Waals surface area contributed by atoms with Gasteiger partial charge in [-0.3, -0.25) is 14.5 Å². The van der Waals surface area contributed by atoms with Crippen molar-refractivity contribution in [3.8, 4) is 5.75 Å². The molecule has 1 aliphatic heterocycles. The molecular formula is C18H18N2O3. The van der Waals surface area contributed by atoms with Crippen LogP contribution in [0.1, 0.15) is 18.9 Å². The van der Waals surface area contributed by atoms with E-state index in [2.05, 4.69) is 5.32 Å². The second-order valence-corrected chi connectivity index (χ2v) is 5.58. The Morgan fingerprint density at radius 3 is 2.57 bits per heavy atom. The van der Waals surface area contributed by atoms with E-state index in [9.17, 15) is 14.7 Å². The van der Waals surface area contributed by atoms with Crippen LogP contribution in [0.15, 0.2) is 48.5 Å². The summed E-state index contributed by atoms with van der Waals surface area (Å²) in [5.41, 5.74) is 2.19. The molecule has 23 heavy (non-hydrogen) atoms. The lowest BCUT2D eigenvalue weighted by Crippen LogP contribution is -2.49. The first kappa shape index (κ1) is 15.1.